The van der Waals surface area contributed by atoms with Crippen molar-refractivity contribution in [1.82, 2.24) is 5.32 Å². The highest BCUT2D eigenvalue weighted by atomic mass is 79.9. The smallest absolute Gasteiger partial charge is 0.146 e. The molecule has 0 amide bonds. The van der Waals surface area contributed by atoms with E-state index in [1.54, 1.807) is 18.2 Å². The molecular formula is C16H16BrCl2NO. The summed E-state index contributed by atoms with van der Waals surface area (Å²) >= 11 is 15.6. The Morgan fingerprint density at radius 1 is 1.10 bits per heavy atom. The fourth-order valence-corrected chi connectivity index (χ4v) is 2.74. The normalized spacial score (nSPS) is 11.0. The van der Waals surface area contributed by atoms with Crippen molar-refractivity contribution in [2.45, 2.75) is 26.4 Å². The molecule has 0 aliphatic carbocycles. The molecule has 112 valence electrons. The topological polar surface area (TPSA) is 21.3 Å². The summed E-state index contributed by atoms with van der Waals surface area (Å²) < 4.78 is 6.61. The van der Waals surface area contributed by atoms with Gasteiger partial charge in [0.15, 0.2) is 0 Å². The molecule has 0 bridgehead atoms. The largest absolute Gasteiger partial charge is 0.455 e. The second-order valence-electron chi connectivity index (χ2n) is 4.98. The maximum Gasteiger partial charge on any atom is 0.146 e. The molecule has 0 radical (unpaired) electrons. The zero-order chi connectivity index (χ0) is 15.4. The van der Waals surface area contributed by atoms with Crippen LogP contribution in [0.3, 0.4) is 0 Å². The number of benzene rings is 2. The molecule has 21 heavy (non-hydrogen) atoms. The Balaban J connectivity index is 2.13. The molecule has 1 N–H and O–H groups in total. The molecule has 0 aromatic heterocycles. The molecule has 0 saturated heterocycles. The standard InChI is InChI=1S/C16H16BrCl2NO/c1-10(2)20-9-11-3-5-16(14(19)7-11)21-15-6-4-12(18)8-13(15)17/h3-8,10,20H,9H2,1-2H3. The van der Waals surface area contributed by atoms with Crippen LogP contribution in [0.2, 0.25) is 10.0 Å². The van der Waals surface area contributed by atoms with Crippen LogP contribution in [0.15, 0.2) is 40.9 Å². The lowest BCUT2D eigenvalue weighted by Crippen LogP contribution is -2.21. The number of halogens is 3. The van der Waals surface area contributed by atoms with Crippen LogP contribution in [-0.4, -0.2) is 6.04 Å². The minimum absolute atomic E-state index is 0.435. The van der Waals surface area contributed by atoms with E-state index in [0.29, 0.717) is 27.6 Å². The van der Waals surface area contributed by atoms with E-state index >= 15 is 0 Å². The first-order valence-corrected chi connectivity index (χ1v) is 8.15. The average Bonchev–Trinajstić information content (AvgIpc) is 2.42. The molecule has 0 unspecified atom stereocenters. The van der Waals surface area contributed by atoms with E-state index in [2.05, 4.69) is 35.1 Å². The maximum absolute atomic E-state index is 6.28. The lowest BCUT2D eigenvalue weighted by atomic mass is 10.2. The van der Waals surface area contributed by atoms with Crippen LogP contribution in [-0.2, 0) is 6.54 Å². The van der Waals surface area contributed by atoms with E-state index in [-0.39, 0.29) is 0 Å². The minimum Gasteiger partial charge on any atom is -0.455 e. The van der Waals surface area contributed by atoms with Crippen molar-refractivity contribution < 1.29 is 4.74 Å². The fourth-order valence-electron chi connectivity index (χ4n) is 1.74. The SMILES string of the molecule is CC(C)NCc1ccc(Oc2ccc(Cl)cc2Br)c(Cl)c1. The molecule has 5 heteroatoms. The molecule has 0 atom stereocenters. The first kappa shape index (κ1) is 16.6. The van der Waals surface area contributed by atoms with Gasteiger partial charge in [0.1, 0.15) is 11.5 Å². The molecule has 0 aliphatic heterocycles. The Morgan fingerprint density at radius 2 is 1.81 bits per heavy atom. The summed E-state index contributed by atoms with van der Waals surface area (Å²) in [6.45, 7) is 5.00. The lowest BCUT2D eigenvalue weighted by molar-refractivity contribution is 0.479. The molecule has 0 heterocycles. The lowest BCUT2D eigenvalue weighted by Gasteiger charge is -2.12. The second-order valence-corrected chi connectivity index (χ2v) is 6.68. The summed E-state index contributed by atoms with van der Waals surface area (Å²) in [5.41, 5.74) is 1.12. The van der Waals surface area contributed by atoms with Gasteiger partial charge in [0.2, 0.25) is 0 Å². The Kier molecular flexibility index (Phi) is 5.94. The molecule has 2 aromatic rings. The summed E-state index contributed by atoms with van der Waals surface area (Å²) in [6, 6.07) is 11.6. The van der Waals surface area contributed by atoms with E-state index in [1.807, 2.05) is 18.2 Å². The van der Waals surface area contributed by atoms with E-state index in [4.69, 9.17) is 27.9 Å². The molecule has 2 aromatic carbocycles. The van der Waals surface area contributed by atoms with Crippen LogP contribution in [0.5, 0.6) is 11.5 Å². The van der Waals surface area contributed by atoms with Crippen molar-refractivity contribution in [3.8, 4) is 11.5 Å². The van der Waals surface area contributed by atoms with Gasteiger partial charge in [0.25, 0.3) is 0 Å². The van der Waals surface area contributed by atoms with E-state index in [9.17, 15) is 0 Å². The molecule has 0 spiro atoms. The van der Waals surface area contributed by atoms with Crippen molar-refractivity contribution >= 4 is 39.1 Å². The number of hydrogen-bond acceptors (Lipinski definition) is 2. The predicted molar refractivity (Wildman–Crippen MR) is 92.7 cm³/mol. The third-order valence-electron chi connectivity index (χ3n) is 2.82. The van der Waals surface area contributed by atoms with Crippen LogP contribution in [0.25, 0.3) is 0 Å². The third kappa shape index (κ3) is 4.89. The fraction of sp³-hybridized carbons (Fsp3) is 0.250. The van der Waals surface area contributed by atoms with Crippen molar-refractivity contribution in [1.29, 1.82) is 0 Å². The monoisotopic (exact) mass is 387 g/mol. The van der Waals surface area contributed by atoms with Crippen LogP contribution in [0.4, 0.5) is 0 Å². The summed E-state index contributed by atoms with van der Waals surface area (Å²) in [5, 5.41) is 4.58. The van der Waals surface area contributed by atoms with Gasteiger partial charge in [0.05, 0.1) is 9.50 Å². The van der Waals surface area contributed by atoms with Crippen molar-refractivity contribution in [2.75, 3.05) is 0 Å². The van der Waals surface area contributed by atoms with Crippen LogP contribution in [0.1, 0.15) is 19.4 Å². The highest BCUT2D eigenvalue weighted by Crippen LogP contribution is 2.35. The summed E-state index contributed by atoms with van der Waals surface area (Å²) in [6.07, 6.45) is 0. The van der Waals surface area contributed by atoms with Crippen molar-refractivity contribution in [3.63, 3.8) is 0 Å². The van der Waals surface area contributed by atoms with Gasteiger partial charge in [0, 0.05) is 17.6 Å². The molecule has 2 rings (SSSR count). The Labute approximate surface area is 143 Å². The van der Waals surface area contributed by atoms with Gasteiger partial charge < -0.3 is 10.1 Å². The summed E-state index contributed by atoms with van der Waals surface area (Å²) in [7, 11) is 0. The number of hydrogen-bond donors (Lipinski definition) is 1. The Morgan fingerprint density at radius 3 is 2.43 bits per heavy atom. The van der Waals surface area contributed by atoms with Gasteiger partial charge in [-0.3, -0.25) is 0 Å². The maximum atomic E-state index is 6.28. The Bertz CT molecular complexity index is 632. The highest BCUT2D eigenvalue weighted by Gasteiger charge is 2.08. The molecule has 0 saturated carbocycles. The van der Waals surface area contributed by atoms with Crippen molar-refractivity contribution in [3.05, 3.63) is 56.5 Å². The van der Waals surface area contributed by atoms with E-state index in [0.717, 1.165) is 16.6 Å². The van der Waals surface area contributed by atoms with E-state index in [1.165, 1.54) is 0 Å². The van der Waals surface area contributed by atoms with Crippen LogP contribution < -0.4 is 10.1 Å². The third-order valence-corrected chi connectivity index (χ3v) is 3.97. The van der Waals surface area contributed by atoms with Gasteiger partial charge in [-0.05, 0) is 51.8 Å². The zero-order valence-electron chi connectivity index (χ0n) is 11.8. The van der Waals surface area contributed by atoms with Crippen molar-refractivity contribution in [2.24, 2.45) is 0 Å². The van der Waals surface area contributed by atoms with Gasteiger partial charge >= 0.3 is 0 Å². The van der Waals surface area contributed by atoms with Gasteiger partial charge in [-0.15, -0.1) is 0 Å². The summed E-state index contributed by atoms with van der Waals surface area (Å²) in [5.74, 6) is 1.29. The zero-order valence-corrected chi connectivity index (χ0v) is 14.9. The first-order valence-electron chi connectivity index (χ1n) is 6.60. The molecular weight excluding hydrogens is 373 g/mol. The average molecular weight is 389 g/mol. The molecule has 2 nitrogen and oxygen atoms in total. The molecule has 0 aliphatic rings. The second kappa shape index (κ2) is 7.50. The number of rotatable bonds is 5. The first-order chi connectivity index (χ1) is 9.95. The number of nitrogens with one attached hydrogen (secondary N) is 1. The van der Waals surface area contributed by atoms with Crippen LogP contribution in [0, 0.1) is 0 Å². The summed E-state index contributed by atoms with van der Waals surface area (Å²) in [4.78, 5) is 0. The quantitative estimate of drug-likeness (QED) is 0.673. The highest BCUT2D eigenvalue weighted by molar-refractivity contribution is 9.10. The van der Waals surface area contributed by atoms with Gasteiger partial charge in [-0.2, -0.15) is 0 Å². The van der Waals surface area contributed by atoms with Crippen LogP contribution >= 0.6 is 39.1 Å². The van der Waals surface area contributed by atoms with Gasteiger partial charge in [-0.1, -0.05) is 43.1 Å². The molecule has 0 fully saturated rings. The predicted octanol–water partition coefficient (Wildman–Crippen LogP) is 6.05. The van der Waals surface area contributed by atoms with E-state index < -0.39 is 0 Å². The Hall–Kier alpha value is -0.740. The number of ether oxygens (including phenoxy) is 1. The minimum atomic E-state index is 0.435. The van der Waals surface area contributed by atoms with Gasteiger partial charge in [-0.25, -0.2) is 0 Å².